The number of fused-ring (bicyclic) bond motifs is 1. The molecule has 0 saturated heterocycles. The van der Waals surface area contributed by atoms with Crippen LogP contribution in [0.4, 0.5) is 0 Å². The minimum absolute atomic E-state index is 0.00755. The summed E-state index contributed by atoms with van der Waals surface area (Å²) in [5.41, 5.74) is 2.31. The lowest BCUT2D eigenvalue weighted by molar-refractivity contribution is 0.0929. The first-order valence-corrected chi connectivity index (χ1v) is 6.57. The Morgan fingerprint density at radius 2 is 2.17 bits per heavy atom. The number of hydrogen-bond acceptors (Lipinski definition) is 2. The highest BCUT2D eigenvalue weighted by Crippen LogP contribution is 2.19. The highest BCUT2D eigenvalue weighted by Gasteiger charge is 2.19. The van der Waals surface area contributed by atoms with Gasteiger partial charge in [0.25, 0.3) is 5.91 Å². The van der Waals surface area contributed by atoms with E-state index in [0.717, 1.165) is 23.9 Å². The summed E-state index contributed by atoms with van der Waals surface area (Å²) in [6.07, 6.45) is 9.39. The van der Waals surface area contributed by atoms with Crippen LogP contribution in [0, 0.1) is 0 Å². The lowest BCUT2D eigenvalue weighted by Gasteiger charge is -2.22. The number of nitrogens with one attached hydrogen (secondary N) is 2. The third kappa shape index (κ3) is 2.10. The fourth-order valence-electron chi connectivity index (χ4n) is 2.64. The van der Waals surface area contributed by atoms with Crippen LogP contribution in [0.3, 0.4) is 0 Å². The molecule has 1 saturated carbocycles. The van der Waals surface area contributed by atoms with Crippen molar-refractivity contribution in [1.82, 2.24) is 15.3 Å². The molecule has 0 radical (unpaired) electrons. The van der Waals surface area contributed by atoms with Crippen molar-refractivity contribution < 1.29 is 4.79 Å². The third-order valence-electron chi connectivity index (χ3n) is 3.62. The molecule has 0 aliphatic heterocycles. The first-order chi connectivity index (χ1) is 8.84. The van der Waals surface area contributed by atoms with Gasteiger partial charge in [-0.1, -0.05) is 19.3 Å². The van der Waals surface area contributed by atoms with Gasteiger partial charge in [0.05, 0.1) is 11.1 Å². The standard InChI is InChI=1S/C14H17N3O/c18-14(17-10-5-2-1-3-6-10)11-9-16-12-7-4-8-15-13(11)12/h4,7-10,16H,1-3,5-6H2,(H,17,18). The van der Waals surface area contributed by atoms with Crippen molar-refractivity contribution in [3.05, 3.63) is 30.1 Å². The number of hydrogen-bond donors (Lipinski definition) is 2. The fraction of sp³-hybridized carbons (Fsp3) is 0.429. The van der Waals surface area contributed by atoms with Gasteiger partial charge in [0.1, 0.15) is 5.52 Å². The Morgan fingerprint density at radius 3 is 3.00 bits per heavy atom. The van der Waals surface area contributed by atoms with E-state index >= 15 is 0 Å². The molecule has 94 valence electrons. The van der Waals surface area contributed by atoms with E-state index in [1.54, 1.807) is 12.4 Å². The number of aromatic nitrogens is 2. The van der Waals surface area contributed by atoms with Gasteiger partial charge >= 0.3 is 0 Å². The summed E-state index contributed by atoms with van der Waals surface area (Å²) in [5, 5.41) is 3.11. The average Bonchev–Trinajstić information content (AvgIpc) is 2.84. The Kier molecular flexibility index (Phi) is 3.00. The van der Waals surface area contributed by atoms with E-state index in [1.165, 1.54) is 19.3 Å². The molecule has 2 aromatic rings. The monoisotopic (exact) mass is 243 g/mol. The van der Waals surface area contributed by atoms with Gasteiger partial charge in [-0.25, -0.2) is 0 Å². The molecule has 0 bridgehead atoms. The second-order valence-electron chi connectivity index (χ2n) is 4.91. The molecule has 2 N–H and O–H groups in total. The quantitative estimate of drug-likeness (QED) is 0.851. The summed E-state index contributed by atoms with van der Waals surface area (Å²) in [7, 11) is 0. The van der Waals surface area contributed by atoms with E-state index in [9.17, 15) is 4.79 Å². The Balaban J connectivity index is 1.79. The number of H-pyrrole nitrogens is 1. The molecule has 0 atom stereocenters. The van der Waals surface area contributed by atoms with Crippen LogP contribution >= 0.6 is 0 Å². The lowest BCUT2D eigenvalue weighted by Crippen LogP contribution is -2.36. The topological polar surface area (TPSA) is 57.8 Å². The molecule has 18 heavy (non-hydrogen) atoms. The molecule has 2 heterocycles. The Morgan fingerprint density at radius 1 is 1.33 bits per heavy atom. The summed E-state index contributed by atoms with van der Waals surface area (Å²) in [6, 6.07) is 4.13. The smallest absolute Gasteiger partial charge is 0.255 e. The Bertz CT molecular complexity index is 555. The maximum atomic E-state index is 12.2. The van der Waals surface area contributed by atoms with Gasteiger partial charge in [0, 0.05) is 18.4 Å². The van der Waals surface area contributed by atoms with E-state index in [2.05, 4.69) is 15.3 Å². The van der Waals surface area contributed by atoms with Crippen LogP contribution in [0.1, 0.15) is 42.5 Å². The third-order valence-corrected chi connectivity index (χ3v) is 3.62. The van der Waals surface area contributed by atoms with Gasteiger partial charge in [-0.3, -0.25) is 9.78 Å². The number of carbonyl (C=O) groups excluding carboxylic acids is 1. The maximum absolute atomic E-state index is 12.2. The minimum atomic E-state index is -0.00755. The molecular formula is C14H17N3O. The van der Waals surface area contributed by atoms with Crippen LogP contribution in [0.15, 0.2) is 24.5 Å². The summed E-state index contributed by atoms with van der Waals surface area (Å²) in [4.78, 5) is 19.6. The van der Waals surface area contributed by atoms with Crippen molar-refractivity contribution >= 4 is 16.9 Å². The van der Waals surface area contributed by atoms with Gasteiger partial charge in [-0.2, -0.15) is 0 Å². The zero-order valence-electron chi connectivity index (χ0n) is 10.3. The number of amides is 1. The van der Waals surface area contributed by atoms with E-state index in [-0.39, 0.29) is 5.91 Å². The summed E-state index contributed by atoms with van der Waals surface area (Å²) in [6.45, 7) is 0. The van der Waals surface area contributed by atoms with Crippen LogP contribution in [-0.4, -0.2) is 21.9 Å². The highest BCUT2D eigenvalue weighted by molar-refractivity contribution is 6.05. The van der Waals surface area contributed by atoms with Crippen LogP contribution in [0.25, 0.3) is 11.0 Å². The SMILES string of the molecule is O=C(NC1CCCCC1)c1c[nH]c2cccnc12. The lowest BCUT2D eigenvalue weighted by atomic mass is 9.95. The van der Waals surface area contributed by atoms with Crippen molar-refractivity contribution in [1.29, 1.82) is 0 Å². The van der Waals surface area contributed by atoms with Crippen LogP contribution < -0.4 is 5.32 Å². The highest BCUT2D eigenvalue weighted by atomic mass is 16.1. The average molecular weight is 243 g/mol. The van der Waals surface area contributed by atoms with Gasteiger partial charge < -0.3 is 10.3 Å². The number of nitrogens with zero attached hydrogens (tertiary/aromatic N) is 1. The fourth-order valence-corrected chi connectivity index (χ4v) is 2.64. The molecule has 2 aromatic heterocycles. The largest absolute Gasteiger partial charge is 0.359 e. The molecular weight excluding hydrogens is 226 g/mol. The van der Waals surface area contributed by atoms with E-state index in [4.69, 9.17) is 0 Å². The zero-order chi connectivity index (χ0) is 12.4. The second kappa shape index (κ2) is 4.80. The number of carbonyl (C=O) groups is 1. The number of rotatable bonds is 2. The molecule has 4 heteroatoms. The molecule has 0 spiro atoms. The van der Waals surface area contributed by atoms with Gasteiger partial charge in [0.15, 0.2) is 0 Å². The summed E-state index contributed by atoms with van der Waals surface area (Å²) >= 11 is 0. The van der Waals surface area contributed by atoms with E-state index in [1.807, 2.05) is 12.1 Å². The minimum Gasteiger partial charge on any atom is -0.359 e. The molecule has 1 fully saturated rings. The molecule has 3 rings (SSSR count). The van der Waals surface area contributed by atoms with Crippen molar-refractivity contribution in [3.8, 4) is 0 Å². The van der Waals surface area contributed by atoms with Crippen molar-refractivity contribution in [3.63, 3.8) is 0 Å². The molecule has 0 unspecified atom stereocenters. The first-order valence-electron chi connectivity index (χ1n) is 6.57. The molecule has 0 aromatic carbocycles. The van der Waals surface area contributed by atoms with Gasteiger partial charge in [-0.05, 0) is 25.0 Å². The summed E-state index contributed by atoms with van der Waals surface area (Å²) in [5.74, 6) is -0.00755. The molecule has 1 aliphatic rings. The second-order valence-corrected chi connectivity index (χ2v) is 4.91. The van der Waals surface area contributed by atoms with Crippen LogP contribution in [0.5, 0.6) is 0 Å². The van der Waals surface area contributed by atoms with Crippen LogP contribution in [0.2, 0.25) is 0 Å². The number of pyridine rings is 1. The predicted octanol–water partition coefficient (Wildman–Crippen LogP) is 2.63. The first kappa shape index (κ1) is 11.3. The summed E-state index contributed by atoms with van der Waals surface area (Å²) < 4.78 is 0. The molecule has 4 nitrogen and oxygen atoms in total. The van der Waals surface area contributed by atoms with Crippen molar-refractivity contribution in [2.45, 2.75) is 38.1 Å². The normalized spacial score (nSPS) is 16.9. The van der Waals surface area contributed by atoms with Crippen molar-refractivity contribution in [2.75, 3.05) is 0 Å². The van der Waals surface area contributed by atoms with Gasteiger partial charge in [0.2, 0.25) is 0 Å². The maximum Gasteiger partial charge on any atom is 0.255 e. The van der Waals surface area contributed by atoms with E-state index < -0.39 is 0 Å². The van der Waals surface area contributed by atoms with Crippen molar-refractivity contribution in [2.24, 2.45) is 0 Å². The van der Waals surface area contributed by atoms with E-state index in [0.29, 0.717) is 11.6 Å². The number of aromatic amines is 1. The zero-order valence-corrected chi connectivity index (χ0v) is 10.3. The van der Waals surface area contributed by atoms with Gasteiger partial charge in [-0.15, -0.1) is 0 Å². The Labute approximate surface area is 106 Å². The van der Waals surface area contributed by atoms with Crippen LogP contribution in [-0.2, 0) is 0 Å². The predicted molar refractivity (Wildman–Crippen MR) is 70.4 cm³/mol. The molecule has 1 aliphatic carbocycles. The molecule has 1 amide bonds. The Hall–Kier alpha value is -1.84.